The van der Waals surface area contributed by atoms with Gasteiger partial charge in [0.1, 0.15) is 0 Å². The Morgan fingerprint density at radius 2 is 2.00 bits per heavy atom. The maximum Gasteiger partial charge on any atom is 0.0948 e. The topological polar surface area (TPSA) is 29.9 Å². The van der Waals surface area contributed by atoms with Gasteiger partial charge in [0.2, 0.25) is 0 Å². The van der Waals surface area contributed by atoms with Crippen LogP contribution in [0.4, 0.5) is 0 Å². The molecule has 3 nitrogen and oxygen atoms in total. The summed E-state index contributed by atoms with van der Waals surface area (Å²) in [5.41, 5.74) is 2.64. The summed E-state index contributed by atoms with van der Waals surface area (Å²) in [5.74, 6) is 0.969. The van der Waals surface area contributed by atoms with E-state index >= 15 is 0 Å². The van der Waals surface area contributed by atoms with Gasteiger partial charge in [0, 0.05) is 35.1 Å². The van der Waals surface area contributed by atoms with Gasteiger partial charge in [0.05, 0.1) is 6.33 Å². The lowest BCUT2D eigenvalue weighted by Gasteiger charge is -2.14. The number of rotatable bonds is 8. The quantitative estimate of drug-likeness (QED) is 0.739. The van der Waals surface area contributed by atoms with Crippen molar-refractivity contribution in [2.24, 2.45) is 0 Å². The van der Waals surface area contributed by atoms with Gasteiger partial charge in [-0.15, -0.1) is 11.8 Å². The maximum atomic E-state index is 4.21. The largest absolute Gasteiger partial charge is 0.334 e. The lowest BCUT2D eigenvalue weighted by Crippen LogP contribution is -2.19. The minimum Gasteiger partial charge on any atom is -0.334 e. The first kappa shape index (κ1) is 16.1. The molecule has 0 saturated carbocycles. The fraction of sp³-hybridized carbons (Fsp3) is 0.471. The van der Waals surface area contributed by atoms with Crippen molar-refractivity contribution in [3.8, 4) is 0 Å². The first-order chi connectivity index (χ1) is 10.2. The summed E-state index contributed by atoms with van der Waals surface area (Å²) in [7, 11) is 0. The molecule has 0 aliphatic rings. The third kappa shape index (κ3) is 4.61. The average Bonchev–Trinajstić information content (AvgIpc) is 2.98. The van der Waals surface area contributed by atoms with E-state index in [0.29, 0.717) is 6.04 Å². The van der Waals surface area contributed by atoms with Crippen molar-refractivity contribution in [1.29, 1.82) is 0 Å². The second kappa shape index (κ2) is 8.25. The highest BCUT2D eigenvalue weighted by atomic mass is 32.2. The molecule has 114 valence electrons. The number of benzene rings is 1. The first-order valence-electron chi connectivity index (χ1n) is 7.69. The zero-order chi connectivity index (χ0) is 15.1. The molecule has 21 heavy (non-hydrogen) atoms. The molecule has 2 rings (SSSR count). The molecule has 0 spiro atoms. The Balaban J connectivity index is 1.90. The molecule has 1 unspecified atom stereocenters. The third-order valence-electron chi connectivity index (χ3n) is 3.61. The van der Waals surface area contributed by atoms with E-state index in [4.69, 9.17) is 0 Å². The van der Waals surface area contributed by atoms with Crippen molar-refractivity contribution >= 4 is 11.8 Å². The fourth-order valence-corrected chi connectivity index (χ4v) is 3.13. The van der Waals surface area contributed by atoms with Gasteiger partial charge in [-0.1, -0.05) is 19.1 Å². The Kier molecular flexibility index (Phi) is 6.33. The van der Waals surface area contributed by atoms with E-state index in [0.717, 1.165) is 18.8 Å². The minimum absolute atomic E-state index is 0.422. The molecule has 0 aliphatic carbocycles. The Labute approximate surface area is 132 Å². The SMILES string of the molecule is CCCNC(C)c1ccc(SCc2cncn2CC)cc1. The van der Waals surface area contributed by atoms with Crippen LogP contribution in [0, 0.1) is 0 Å². The standard InChI is InChI=1S/C17H25N3S/c1-4-10-19-14(3)15-6-8-17(9-7-15)21-12-16-11-18-13-20(16)5-2/h6-9,11,13-14,19H,4-5,10,12H2,1-3H3. The van der Waals surface area contributed by atoms with Crippen molar-refractivity contribution in [2.75, 3.05) is 6.54 Å². The lowest BCUT2D eigenvalue weighted by molar-refractivity contribution is 0.570. The van der Waals surface area contributed by atoms with Gasteiger partial charge < -0.3 is 9.88 Å². The molecule has 0 bridgehead atoms. The van der Waals surface area contributed by atoms with Gasteiger partial charge in [0.25, 0.3) is 0 Å². The van der Waals surface area contributed by atoms with E-state index in [9.17, 15) is 0 Å². The summed E-state index contributed by atoms with van der Waals surface area (Å²) >= 11 is 1.86. The number of hydrogen-bond acceptors (Lipinski definition) is 3. The first-order valence-corrected chi connectivity index (χ1v) is 8.68. The molecule has 0 saturated heterocycles. The van der Waals surface area contributed by atoms with E-state index in [-0.39, 0.29) is 0 Å². The van der Waals surface area contributed by atoms with Crippen molar-refractivity contribution in [1.82, 2.24) is 14.9 Å². The van der Waals surface area contributed by atoms with Crippen LogP contribution in [0.2, 0.25) is 0 Å². The maximum absolute atomic E-state index is 4.21. The zero-order valence-electron chi connectivity index (χ0n) is 13.2. The number of nitrogens with zero attached hydrogens (tertiary/aromatic N) is 2. The zero-order valence-corrected chi connectivity index (χ0v) is 14.0. The summed E-state index contributed by atoms with van der Waals surface area (Å²) in [6.07, 6.45) is 5.03. The van der Waals surface area contributed by atoms with Gasteiger partial charge in [-0.3, -0.25) is 0 Å². The van der Waals surface area contributed by atoms with Crippen LogP contribution in [0.1, 0.15) is 44.5 Å². The van der Waals surface area contributed by atoms with Gasteiger partial charge in [-0.2, -0.15) is 0 Å². The van der Waals surface area contributed by atoms with E-state index < -0.39 is 0 Å². The average molecular weight is 303 g/mol. The van der Waals surface area contributed by atoms with Crippen molar-refractivity contribution in [3.05, 3.63) is 48.0 Å². The van der Waals surface area contributed by atoms with Crippen LogP contribution in [-0.2, 0) is 12.3 Å². The second-order valence-electron chi connectivity index (χ2n) is 5.20. The van der Waals surface area contributed by atoms with Crippen LogP contribution >= 0.6 is 11.8 Å². The molecule has 0 fully saturated rings. The molecule has 4 heteroatoms. The Bertz CT molecular complexity index is 533. The van der Waals surface area contributed by atoms with Crippen molar-refractivity contribution < 1.29 is 0 Å². The molecule has 1 heterocycles. The molecular weight excluding hydrogens is 278 g/mol. The predicted molar refractivity (Wildman–Crippen MR) is 90.6 cm³/mol. The predicted octanol–water partition coefficient (Wildman–Crippen LogP) is 4.26. The van der Waals surface area contributed by atoms with Gasteiger partial charge >= 0.3 is 0 Å². The Hall–Kier alpha value is -1.26. The fourth-order valence-electron chi connectivity index (χ4n) is 2.24. The number of hydrogen-bond donors (Lipinski definition) is 1. The lowest BCUT2D eigenvalue weighted by atomic mass is 10.1. The normalized spacial score (nSPS) is 12.5. The van der Waals surface area contributed by atoms with Crippen LogP contribution in [-0.4, -0.2) is 16.1 Å². The summed E-state index contributed by atoms with van der Waals surface area (Å²) < 4.78 is 2.19. The monoisotopic (exact) mass is 303 g/mol. The van der Waals surface area contributed by atoms with Gasteiger partial charge in [0.15, 0.2) is 0 Å². The smallest absolute Gasteiger partial charge is 0.0948 e. The van der Waals surface area contributed by atoms with Crippen LogP contribution in [0.3, 0.4) is 0 Å². The van der Waals surface area contributed by atoms with Crippen molar-refractivity contribution in [2.45, 2.75) is 50.4 Å². The van der Waals surface area contributed by atoms with Gasteiger partial charge in [-0.25, -0.2) is 4.98 Å². The van der Waals surface area contributed by atoms with Crippen molar-refractivity contribution in [3.63, 3.8) is 0 Å². The van der Waals surface area contributed by atoms with E-state index in [1.165, 1.54) is 22.6 Å². The highest BCUT2D eigenvalue weighted by Crippen LogP contribution is 2.24. The molecule has 0 amide bonds. The van der Waals surface area contributed by atoms with Crippen LogP contribution in [0.25, 0.3) is 0 Å². The van der Waals surface area contributed by atoms with E-state index in [1.54, 1.807) is 0 Å². The molecule has 2 aromatic rings. The van der Waals surface area contributed by atoms with Gasteiger partial charge in [-0.05, 0) is 44.5 Å². The molecule has 0 aliphatic heterocycles. The molecular formula is C17H25N3S. The number of thioether (sulfide) groups is 1. The minimum atomic E-state index is 0.422. The highest BCUT2D eigenvalue weighted by Gasteiger charge is 2.05. The summed E-state index contributed by atoms with van der Waals surface area (Å²) in [4.78, 5) is 5.52. The molecule has 1 aromatic carbocycles. The Morgan fingerprint density at radius 1 is 1.24 bits per heavy atom. The number of imidazole rings is 1. The molecule has 1 aromatic heterocycles. The Morgan fingerprint density at radius 3 is 2.67 bits per heavy atom. The number of nitrogens with one attached hydrogen (secondary N) is 1. The summed E-state index contributed by atoms with van der Waals surface area (Å²) in [6.45, 7) is 8.61. The number of aryl methyl sites for hydroxylation is 1. The number of aromatic nitrogens is 2. The third-order valence-corrected chi connectivity index (χ3v) is 4.65. The van der Waals surface area contributed by atoms with E-state index in [1.807, 2.05) is 24.3 Å². The molecule has 1 N–H and O–H groups in total. The highest BCUT2D eigenvalue weighted by molar-refractivity contribution is 7.98. The van der Waals surface area contributed by atoms with Crippen LogP contribution in [0.5, 0.6) is 0 Å². The molecule has 0 radical (unpaired) electrons. The van der Waals surface area contributed by atoms with E-state index in [2.05, 4.69) is 59.9 Å². The summed E-state index contributed by atoms with van der Waals surface area (Å²) in [5, 5.41) is 3.52. The summed E-state index contributed by atoms with van der Waals surface area (Å²) in [6, 6.07) is 9.32. The van der Waals surface area contributed by atoms with Crippen LogP contribution in [0.15, 0.2) is 41.7 Å². The van der Waals surface area contributed by atoms with Crippen LogP contribution < -0.4 is 5.32 Å². The second-order valence-corrected chi connectivity index (χ2v) is 6.25. The molecule has 1 atom stereocenters.